The molecule has 96 valence electrons. The lowest BCUT2D eigenvalue weighted by Gasteiger charge is -2.30. The average Bonchev–Trinajstić information content (AvgIpc) is 2.85. The summed E-state index contributed by atoms with van der Waals surface area (Å²) in [6.45, 7) is 0. The molecule has 1 aromatic carbocycles. The maximum atomic E-state index is 12.2. The Morgan fingerprint density at radius 2 is 1.89 bits per heavy atom. The van der Waals surface area contributed by atoms with Gasteiger partial charge in [0.05, 0.1) is 17.3 Å². The molecule has 0 spiro atoms. The molecule has 2 atom stereocenters. The number of benzene rings is 1. The molecule has 0 radical (unpaired) electrons. The number of anilines is 1. The minimum absolute atomic E-state index is 0.329. The summed E-state index contributed by atoms with van der Waals surface area (Å²) in [5, 5.41) is 8.82. The van der Waals surface area contributed by atoms with E-state index in [-0.39, 0.29) is 11.8 Å². The van der Waals surface area contributed by atoms with Crippen molar-refractivity contribution in [2.24, 2.45) is 0 Å². The van der Waals surface area contributed by atoms with E-state index in [9.17, 15) is 9.59 Å². The molecule has 2 fully saturated rings. The van der Waals surface area contributed by atoms with Crippen molar-refractivity contribution in [3.8, 4) is 6.07 Å². The van der Waals surface area contributed by atoms with Crippen LogP contribution in [-0.4, -0.2) is 24.0 Å². The second kappa shape index (κ2) is 4.44. The number of ether oxygens (including phenoxy) is 1. The number of fused-ring (bicyclic) bond motifs is 2. The summed E-state index contributed by atoms with van der Waals surface area (Å²) in [4.78, 5) is 25.6. The van der Waals surface area contributed by atoms with E-state index in [0.717, 1.165) is 4.90 Å². The molecule has 2 aliphatic heterocycles. The number of carbonyl (C=O) groups excluding carboxylic acids is 2. The van der Waals surface area contributed by atoms with Gasteiger partial charge in [-0.1, -0.05) is 0 Å². The second-order valence-electron chi connectivity index (χ2n) is 4.48. The summed E-state index contributed by atoms with van der Waals surface area (Å²) in [5.74, 6) is -0.659. The number of imide groups is 1. The third-order valence-electron chi connectivity index (χ3n) is 3.33. The zero-order valence-electron chi connectivity index (χ0n) is 9.80. The Morgan fingerprint density at radius 1 is 1.26 bits per heavy atom. The quantitative estimate of drug-likeness (QED) is 0.739. The highest BCUT2D eigenvalue weighted by atomic mass is 79.9. The fraction of sp³-hybridized carbons (Fsp3) is 0.308. The maximum Gasteiger partial charge on any atom is 0.263 e. The Balaban J connectivity index is 2.04. The van der Waals surface area contributed by atoms with Gasteiger partial charge >= 0.3 is 0 Å². The number of amides is 2. The van der Waals surface area contributed by atoms with Gasteiger partial charge in [0.15, 0.2) is 0 Å². The van der Waals surface area contributed by atoms with Gasteiger partial charge < -0.3 is 4.74 Å². The first-order valence-electron chi connectivity index (χ1n) is 5.84. The minimum atomic E-state index is -0.523. The van der Waals surface area contributed by atoms with E-state index in [1.54, 1.807) is 18.2 Å². The summed E-state index contributed by atoms with van der Waals surface area (Å²) in [5.41, 5.74) is 0.931. The van der Waals surface area contributed by atoms with Crippen LogP contribution in [0.25, 0.3) is 0 Å². The predicted molar refractivity (Wildman–Crippen MR) is 69.2 cm³/mol. The number of morpholine rings is 1. The standard InChI is InChI=1S/C13H9BrN2O3/c14-8-5-7(6-15)1-2-9(8)16-12(17)10-3-4-11(19-10)13(16)18/h1-2,5,10-11H,3-4H2. The van der Waals surface area contributed by atoms with Gasteiger partial charge in [0.1, 0.15) is 12.2 Å². The van der Waals surface area contributed by atoms with Crippen LogP contribution in [0.4, 0.5) is 5.69 Å². The van der Waals surface area contributed by atoms with Crippen molar-refractivity contribution in [2.75, 3.05) is 4.90 Å². The van der Waals surface area contributed by atoms with Crippen LogP contribution in [0.2, 0.25) is 0 Å². The second-order valence-corrected chi connectivity index (χ2v) is 5.33. The van der Waals surface area contributed by atoms with Crippen LogP contribution in [0.5, 0.6) is 0 Å². The number of carbonyl (C=O) groups is 2. The Kier molecular flexibility index (Phi) is 2.88. The molecule has 3 rings (SSSR count). The van der Waals surface area contributed by atoms with Crippen molar-refractivity contribution < 1.29 is 14.3 Å². The lowest BCUT2D eigenvalue weighted by Crippen LogP contribution is -2.52. The molecular formula is C13H9BrN2O3. The van der Waals surface area contributed by atoms with Crippen molar-refractivity contribution >= 4 is 33.4 Å². The molecule has 2 saturated heterocycles. The van der Waals surface area contributed by atoms with Crippen molar-refractivity contribution in [3.63, 3.8) is 0 Å². The van der Waals surface area contributed by atoms with Crippen LogP contribution in [-0.2, 0) is 14.3 Å². The Labute approximate surface area is 117 Å². The zero-order chi connectivity index (χ0) is 13.6. The average molecular weight is 321 g/mol. The third-order valence-corrected chi connectivity index (χ3v) is 3.96. The van der Waals surface area contributed by atoms with Gasteiger partial charge in [-0.25, -0.2) is 4.90 Å². The lowest BCUT2D eigenvalue weighted by molar-refractivity contribution is -0.146. The van der Waals surface area contributed by atoms with Gasteiger partial charge in [-0.05, 0) is 47.0 Å². The maximum absolute atomic E-state index is 12.2. The summed E-state index contributed by atoms with van der Waals surface area (Å²) < 4.78 is 5.90. The SMILES string of the molecule is N#Cc1ccc(N2C(=O)C3CCC(O3)C2=O)c(Br)c1. The smallest absolute Gasteiger partial charge is 0.263 e. The first-order chi connectivity index (χ1) is 9.11. The van der Waals surface area contributed by atoms with Crippen molar-refractivity contribution in [2.45, 2.75) is 25.0 Å². The Morgan fingerprint density at radius 3 is 2.42 bits per heavy atom. The normalized spacial score (nSPS) is 25.6. The number of halogens is 1. The van der Waals surface area contributed by atoms with Crippen molar-refractivity contribution in [3.05, 3.63) is 28.2 Å². The van der Waals surface area contributed by atoms with Crippen LogP contribution < -0.4 is 4.90 Å². The molecule has 0 saturated carbocycles. The molecule has 2 amide bonds. The number of rotatable bonds is 1. The van der Waals surface area contributed by atoms with Crippen molar-refractivity contribution in [1.82, 2.24) is 0 Å². The number of hydrogen-bond acceptors (Lipinski definition) is 4. The van der Waals surface area contributed by atoms with Crippen LogP contribution in [0.1, 0.15) is 18.4 Å². The van der Waals surface area contributed by atoms with E-state index < -0.39 is 12.2 Å². The first kappa shape index (κ1) is 12.3. The van der Waals surface area contributed by atoms with E-state index in [4.69, 9.17) is 10.00 Å². The predicted octanol–water partition coefficient (Wildman–Crippen LogP) is 1.74. The topological polar surface area (TPSA) is 70.4 Å². The molecule has 1 aromatic rings. The number of nitriles is 1. The van der Waals surface area contributed by atoms with Crippen LogP contribution >= 0.6 is 15.9 Å². The highest BCUT2D eigenvalue weighted by Gasteiger charge is 2.47. The van der Waals surface area contributed by atoms with Gasteiger partial charge in [-0.2, -0.15) is 5.26 Å². The largest absolute Gasteiger partial charge is 0.355 e. The monoisotopic (exact) mass is 320 g/mol. The van der Waals surface area contributed by atoms with Gasteiger partial charge in [-0.15, -0.1) is 0 Å². The van der Waals surface area contributed by atoms with Gasteiger partial charge in [0.2, 0.25) is 0 Å². The highest BCUT2D eigenvalue weighted by molar-refractivity contribution is 9.10. The Bertz CT molecular complexity index is 601. The van der Waals surface area contributed by atoms with E-state index >= 15 is 0 Å². The third kappa shape index (κ3) is 1.86. The summed E-state index contributed by atoms with van der Waals surface area (Å²) in [7, 11) is 0. The molecule has 2 unspecified atom stereocenters. The molecule has 0 N–H and O–H groups in total. The van der Waals surface area contributed by atoms with E-state index in [2.05, 4.69) is 15.9 Å². The van der Waals surface area contributed by atoms with Gasteiger partial charge in [-0.3, -0.25) is 9.59 Å². The van der Waals surface area contributed by atoms with Crippen molar-refractivity contribution in [1.29, 1.82) is 5.26 Å². The molecule has 2 aliphatic rings. The Hall–Kier alpha value is -1.71. The molecule has 6 heteroatoms. The van der Waals surface area contributed by atoms with Crippen LogP contribution in [0.3, 0.4) is 0 Å². The first-order valence-corrected chi connectivity index (χ1v) is 6.64. The highest BCUT2D eigenvalue weighted by Crippen LogP contribution is 2.35. The molecule has 19 heavy (non-hydrogen) atoms. The summed E-state index contributed by atoms with van der Waals surface area (Å²) in [6, 6.07) is 6.78. The fourth-order valence-corrected chi connectivity index (χ4v) is 2.95. The zero-order valence-corrected chi connectivity index (χ0v) is 11.4. The molecule has 5 nitrogen and oxygen atoms in total. The van der Waals surface area contributed by atoms with Crippen LogP contribution in [0, 0.1) is 11.3 Å². The fourth-order valence-electron chi connectivity index (χ4n) is 2.39. The van der Waals surface area contributed by atoms with E-state index in [1.165, 1.54) is 0 Å². The van der Waals surface area contributed by atoms with E-state index in [0.29, 0.717) is 28.6 Å². The summed E-state index contributed by atoms with van der Waals surface area (Å²) >= 11 is 3.30. The van der Waals surface area contributed by atoms with Gasteiger partial charge in [0, 0.05) is 4.47 Å². The minimum Gasteiger partial charge on any atom is -0.355 e. The molecule has 0 aliphatic carbocycles. The number of hydrogen-bond donors (Lipinski definition) is 0. The molecular weight excluding hydrogens is 312 g/mol. The molecule has 0 aromatic heterocycles. The molecule has 2 bridgehead atoms. The molecule has 2 heterocycles. The number of nitrogens with zero attached hydrogens (tertiary/aromatic N) is 2. The van der Waals surface area contributed by atoms with Gasteiger partial charge in [0.25, 0.3) is 11.8 Å². The lowest BCUT2D eigenvalue weighted by atomic mass is 10.2. The van der Waals surface area contributed by atoms with E-state index in [1.807, 2.05) is 6.07 Å². The van der Waals surface area contributed by atoms with Crippen LogP contribution in [0.15, 0.2) is 22.7 Å². The summed E-state index contributed by atoms with van der Waals surface area (Å²) in [6.07, 6.45) is 0.120.